The molecule has 1 amide bonds. The average Bonchev–Trinajstić information content (AvgIpc) is 3.56. The highest BCUT2D eigenvalue weighted by Gasteiger charge is 2.20. The highest BCUT2D eigenvalue weighted by Crippen LogP contribution is 2.30. The number of hydrogen-bond donors (Lipinski definition) is 1. The number of nitrogens with zero attached hydrogens (tertiary/aromatic N) is 6. The molecule has 0 saturated carbocycles. The number of nitrogens with one attached hydrogen (secondary N) is 1. The van der Waals surface area contributed by atoms with E-state index in [2.05, 4.69) is 35.8 Å². The smallest absolute Gasteiger partial charge is 0.310 e. The van der Waals surface area contributed by atoms with Crippen molar-refractivity contribution in [3.8, 4) is 16.8 Å². The molecule has 222 valence electrons. The molecule has 0 radical (unpaired) electrons. The Kier molecular flexibility index (Phi) is 9.68. The molecule has 0 fully saturated rings. The van der Waals surface area contributed by atoms with Crippen LogP contribution in [0.2, 0.25) is 10.2 Å². The van der Waals surface area contributed by atoms with Gasteiger partial charge in [-0.25, -0.2) is 4.39 Å². The van der Waals surface area contributed by atoms with Gasteiger partial charge in [0, 0.05) is 22.2 Å². The van der Waals surface area contributed by atoms with Crippen LogP contribution < -0.4 is 5.32 Å². The molecule has 3 aromatic carbocycles. The van der Waals surface area contributed by atoms with Crippen molar-refractivity contribution in [3.05, 3.63) is 124 Å². The fraction of sp³-hybridized carbons (Fsp3) is 0.129. The summed E-state index contributed by atoms with van der Waals surface area (Å²) in [5.41, 5.74) is 3.61. The minimum atomic E-state index is -0.625. The van der Waals surface area contributed by atoms with Crippen LogP contribution in [0.25, 0.3) is 22.9 Å². The molecule has 2 aromatic heterocycles. The largest absolute Gasteiger partial charge is 0.469 e. The molecule has 5 aromatic rings. The lowest BCUT2D eigenvalue weighted by Crippen LogP contribution is -2.29. The molecule has 44 heavy (non-hydrogen) atoms. The van der Waals surface area contributed by atoms with E-state index in [1.54, 1.807) is 36.4 Å². The molecule has 2 heterocycles. The number of halogens is 3. The van der Waals surface area contributed by atoms with E-state index in [4.69, 9.17) is 23.2 Å². The molecule has 10 nitrogen and oxygen atoms in total. The van der Waals surface area contributed by atoms with E-state index >= 15 is 0 Å². The molecule has 0 aliphatic heterocycles. The van der Waals surface area contributed by atoms with E-state index in [1.165, 1.54) is 36.3 Å². The second-order valence-corrected chi connectivity index (χ2v) is 10.4. The Hall–Kier alpha value is -5.00. The van der Waals surface area contributed by atoms with Crippen molar-refractivity contribution >= 4 is 41.2 Å². The number of ether oxygens (including phenoxy) is 1. The van der Waals surface area contributed by atoms with Crippen LogP contribution in [0, 0.1) is 5.82 Å². The summed E-state index contributed by atoms with van der Waals surface area (Å²) in [5, 5.41) is 23.1. The standard InChI is InChI=1S/C31H24Cl2FN7O3/c1-44-30(43)16-21-8-7-20(15-25(21)34)24-17-27(37-38-31(24)33)26(13-19-5-3-2-4-6-19)36-29(42)12-9-22-14-23(32)10-11-28(22)41-18-35-39-40-41/h2-12,14-15,17-18,26H,13,16H2,1H3,(H,36,42)/b12-9+/t26-/m0/s1. The summed E-state index contributed by atoms with van der Waals surface area (Å²) in [6, 6.07) is 20.1. The lowest BCUT2D eigenvalue weighted by atomic mass is 9.99. The maximum absolute atomic E-state index is 14.9. The van der Waals surface area contributed by atoms with Crippen molar-refractivity contribution in [2.24, 2.45) is 0 Å². The van der Waals surface area contributed by atoms with Gasteiger partial charge in [-0.05, 0) is 69.9 Å². The summed E-state index contributed by atoms with van der Waals surface area (Å²) in [5.74, 6) is -1.56. The molecule has 5 rings (SSSR count). The van der Waals surface area contributed by atoms with E-state index in [0.29, 0.717) is 39.5 Å². The van der Waals surface area contributed by atoms with E-state index in [-0.39, 0.29) is 17.1 Å². The first kappa shape index (κ1) is 30.5. The van der Waals surface area contributed by atoms with Gasteiger partial charge in [0.05, 0.1) is 31.0 Å². The van der Waals surface area contributed by atoms with Crippen molar-refractivity contribution in [1.82, 2.24) is 35.7 Å². The van der Waals surface area contributed by atoms with Crippen molar-refractivity contribution in [1.29, 1.82) is 0 Å². The fourth-order valence-corrected chi connectivity index (χ4v) is 4.84. The van der Waals surface area contributed by atoms with Gasteiger partial charge in [0.2, 0.25) is 5.91 Å². The quantitative estimate of drug-likeness (QED) is 0.161. The predicted octanol–water partition coefficient (Wildman–Crippen LogP) is 5.39. The van der Waals surface area contributed by atoms with Crippen LogP contribution in [-0.4, -0.2) is 49.4 Å². The first-order valence-electron chi connectivity index (χ1n) is 13.2. The Labute approximate surface area is 261 Å². The number of amides is 1. The first-order valence-corrected chi connectivity index (χ1v) is 14.0. The minimum absolute atomic E-state index is 0.0506. The number of methoxy groups -OCH3 is 1. The zero-order valence-corrected chi connectivity index (χ0v) is 24.7. The topological polar surface area (TPSA) is 125 Å². The van der Waals surface area contributed by atoms with Gasteiger partial charge in [-0.2, -0.15) is 9.78 Å². The predicted molar refractivity (Wildman–Crippen MR) is 162 cm³/mol. The van der Waals surface area contributed by atoms with Crippen LogP contribution in [0.15, 0.2) is 85.2 Å². The van der Waals surface area contributed by atoms with Crippen LogP contribution in [0.5, 0.6) is 0 Å². The van der Waals surface area contributed by atoms with Crippen molar-refractivity contribution in [3.63, 3.8) is 0 Å². The monoisotopic (exact) mass is 631 g/mol. The van der Waals surface area contributed by atoms with Gasteiger partial charge in [-0.1, -0.05) is 65.7 Å². The molecule has 1 N–H and O–H groups in total. The molecule has 0 spiro atoms. The summed E-state index contributed by atoms with van der Waals surface area (Å²) in [6.45, 7) is 0. The number of benzene rings is 3. The van der Waals surface area contributed by atoms with Crippen LogP contribution in [0.1, 0.15) is 28.4 Å². The number of carbonyl (C=O) groups is 2. The Morgan fingerprint density at radius 2 is 1.86 bits per heavy atom. The fourth-order valence-electron chi connectivity index (χ4n) is 4.45. The molecule has 1 atom stereocenters. The van der Waals surface area contributed by atoms with Crippen molar-refractivity contribution in [2.75, 3.05) is 7.11 Å². The first-order chi connectivity index (χ1) is 21.3. The number of carbonyl (C=O) groups excluding carboxylic acids is 2. The average molecular weight is 632 g/mol. The molecule has 0 unspecified atom stereocenters. The number of rotatable bonds is 10. The zero-order chi connectivity index (χ0) is 31.1. The van der Waals surface area contributed by atoms with E-state index in [0.717, 1.165) is 5.56 Å². The lowest BCUT2D eigenvalue weighted by Gasteiger charge is -2.18. The summed E-state index contributed by atoms with van der Waals surface area (Å²) in [6.07, 6.45) is 4.59. The molecule has 0 bridgehead atoms. The SMILES string of the molecule is COC(=O)Cc1ccc(-c2cc([C@H](Cc3ccccc3)NC(=O)/C=C/c3cc(Cl)ccc3-n3cnnn3)nnc2Cl)cc1F. The van der Waals surface area contributed by atoms with Crippen LogP contribution in [-0.2, 0) is 27.2 Å². The van der Waals surface area contributed by atoms with E-state index in [9.17, 15) is 14.0 Å². The number of hydrogen-bond acceptors (Lipinski definition) is 8. The second-order valence-electron chi connectivity index (χ2n) is 9.57. The number of esters is 1. The summed E-state index contributed by atoms with van der Waals surface area (Å²) in [4.78, 5) is 24.9. The third-order valence-electron chi connectivity index (χ3n) is 6.65. The third-order valence-corrected chi connectivity index (χ3v) is 7.16. The Morgan fingerprint density at radius 1 is 1.05 bits per heavy atom. The van der Waals surface area contributed by atoms with Gasteiger partial charge in [-0.15, -0.1) is 10.2 Å². The number of tetrazole rings is 1. The van der Waals surface area contributed by atoms with Gasteiger partial charge < -0.3 is 10.1 Å². The van der Waals surface area contributed by atoms with Crippen LogP contribution in [0.4, 0.5) is 4.39 Å². The van der Waals surface area contributed by atoms with E-state index in [1.807, 2.05) is 30.3 Å². The van der Waals surface area contributed by atoms with Crippen molar-refractivity contribution in [2.45, 2.75) is 18.9 Å². The maximum atomic E-state index is 14.9. The Bertz CT molecular complexity index is 1820. The normalized spacial score (nSPS) is 11.8. The van der Waals surface area contributed by atoms with Crippen molar-refractivity contribution < 1.29 is 18.7 Å². The Morgan fingerprint density at radius 3 is 2.59 bits per heavy atom. The van der Waals surface area contributed by atoms with E-state index < -0.39 is 23.7 Å². The molecular weight excluding hydrogens is 608 g/mol. The van der Waals surface area contributed by atoms with Crippen LogP contribution >= 0.6 is 23.2 Å². The minimum Gasteiger partial charge on any atom is -0.469 e. The summed E-state index contributed by atoms with van der Waals surface area (Å²) < 4.78 is 21.0. The summed E-state index contributed by atoms with van der Waals surface area (Å²) in [7, 11) is 1.24. The van der Waals surface area contributed by atoms with Gasteiger partial charge in [0.25, 0.3) is 0 Å². The zero-order valence-electron chi connectivity index (χ0n) is 23.2. The molecule has 0 aliphatic carbocycles. The molecule has 13 heteroatoms. The van der Waals surface area contributed by atoms with Gasteiger partial charge >= 0.3 is 5.97 Å². The highest BCUT2D eigenvalue weighted by atomic mass is 35.5. The molecule has 0 saturated heterocycles. The van der Waals surface area contributed by atoms with Gasteiger partial charge in [-0.3, -0.25) is 9.59 Å². The van der Waals surface area contributed by atoms with Gasteiger partial charge in [0.1, 0.15) is 12.1 Å². The second kappa shape index (κ2) is 14.0. The lowest BCUT2D eigenvalue weighted by molar-refractivity contribution is -0.139. The number of aromatic nitrogens is 6. The molecular formula is C31H24Cl2FN7O3. The van der Waals surface area contributed by atoms with Gasteiger partial charge in [0.15, 0.2) is 5.15 Å². The third kappa shape index (κ3) is 7.49. The molecule has 0 aliphatic rings. The summed E-state index contributed by atoms with van der Waals surface area (Å²) >= 11 is 12.6. The van der Waals surface area contributed by atoms with Crippen LogP contribution in [0.3, 0.4) is 0 Å². The highest BCUT2D eigenvalue weighted by molar-refractivity contribution is 6.32. The Balaban J connectivity index is 1.44. The maximum Gasteiger partial charge on any atom is 0.310 e.